The van der Waals surface area contributed by atoms with Gasteiger partial charge in [-0.1, -0.05) is 5.16 Å². The molecule has 1 aliphatic rings. The summed E-state index contributed by atoms with van der Waals surface area (Å²) in [6, 6.07) is 1.03. The summed E-state index contributed by atoms with van der Waals surface area (Å²) in [7, 11) is 0. The molecule has 0 bridgehead atoms. The summed E-state index contributed by atoms with van der Waals surface area (Å²) < 4.78 is 45.9. The zero-order valence-electron chi connectivity index (χ0n) is 16.8. The number of amides is 1. The van der Waals surface area contributed by atoms with Gasteiger partial charge in [0, 0.05) is 29.6 Å². The predicted octanol–water partition coefficient (Wildman–Crippen LogP) is 4.57. The molecule has 3 aromatic rings. The zero-order chi connectivity index (χ0) is 21.6. The van der Waals surface area contributed by atoms with Crippen LogP contribution in [0.2, 0.25) is 0 Å². The van der Waals surface area contributed by atoms with Gasteiger partial charge in [-0.3, -0.25) is 4.79 Å². The summed E-state index contributed by atoms with van der Waals surface area (Å²) in [6.07, 6.45) is -3.16. The van der Waals surface area contributed by atoms with E-state index in [1.54, 1.807) is 4.90 Å². The van der Waals surface area contributed by atoms with Crippen LogP contribution in [0, 0.1) is 20.8 Å². The van der Waals surface area contributed by atoms with E-state index in [0.29, 0.717) is 32.4 Å². The molecule has 0 atom stereocenters. The molecule has 0 aromatic carbocycles. The summed E-state index contributed by atoms with van der Waals surface area (Å²) in [5, 5.41) is 4.80. The molecule has 1 saturated heterocycles. The van der Waals surface area contributed by atoms with Crippen LogP contribution in [-0.2, 0) is 17.4 Å². The molecule has 3 aromatic heterocycles. The van der Waals surface area contributed by atoms with Crippen molar-refractivity contribution in [2.75, 3.05) is 13.1 Å². The lowest BCUT2D eigenvalue weighted by Crippen LogP contribution is -2.38. The maximum atomic E-state index is 13.6. The molecule has 4 heterocycles. The smallest absolute Gasteiger partial charge is 0.342 e. The Morgan fingerprint density at radius 3 is 2.53 bits per heavy atom. The number of nitrogens with zero attached hydrogens (tertiary/aromatic N) is 4. The second-order valence-electron chi connectivity index (χ2n) is 7.63. The number of hydrogen-bond donors (Lipinski definition) is 0. The van der Waals surface area contributed by atoms with Gasteiger partial charge in [-0.25, -0.2) is 9.97 Å². The van der Waals surface area contributed by atoms with Crippen LogP contribution < -0.4 is 0 Å². The minimum Gasteiger partial charge on any atom is -0.342 e. The number of thiazole rings is 1. The molecule has 0 aliphatic carbocycles. The minimum absolute atomic E-state index is 0.0125. The lowest BCUT2D eigenvalue weighted by Gasteiger charge is -2.31. The number of rotatable bonds is 3. The molecular formula is C20H21F3N4O2S. The number of alkyl halides is 3. The van der Waals surface area contributed by atoms with Crippen molar-refractivity contribution in [2.45, 2.75) is 52.1 Å². The Balaban J connectivity index is 1.51. The van der Waals surface area contributed by atoms with Crippen molar-refractivity contribution < 1.29 is 22.5 Å². The molecule has 4 rings (SSSR count). The summed E-state index contributed by atoms with van der Waals surface area (Å²) in [6.45, 7) is 6.23. The normalized spacial score (nSPS) is 15.9. The number of aromatic nitrogens is 3. The van der Waals surface area contributed by atoms with Crippen LogP contribution in [0.3, 0.4) is 0 Å². The van der Waals surface area contributed by atoms with Crippen molar-refractivity contribution in [1.29, 1.82) is 0 Å². The highest BCUT2D eigenvalue weighted by Crippen LogP contribution is 2.40. The van der Waals surface area contributed by atoms with Gasteiger partial charge in [-0.15, -0.1) is 11.3 Å². The number of likely N-dealkylation sites (tertiary alicyclic amines) is 1. The Morgan fingerprint density at radius 1 is 1.23 bits per heavy atom. The summed E-state index contributed by atoms with van der Waals surface area (Å²) in [4.78, 5) is 23.8. The molecule has 6 nitrogen and oxygen atoms in total. The molecule has 1 aliphatic heterocycles. The Kier molecular flexibility index (Phi) is 5.29. The number of piperidine rings is 1. The van der Waals surface area contributed by atoms with Crippen LogP contribution in [0.4, 0.5) is 13.2 Å². The van der Waals surface area contributed by atoms with Crippen molar-refractivity contribution in [1.82, 2.24) is 20.0 Å². The molecule has 0 unspecified atom stereocenters. The first-order chi connectivity index (χ1) is 14.1. The number of carbonyl (C=O) groups excluding carboxylic acids is 1. The van der Waals surface area contributed by atoms with Crippen molar-refractivity contribution >= 4 is 28.3 Å². The maximum Gasteiger partial charge on any atom is 0.417 e. The second-order valence-corrected chi connectivity index (χ2v) is 8.92. The number of fused-ring (bicyclic) bond motifs is 1. The Labute approximate surface area is 175 Å². The summed E-state index contributed by atoms with van der Waals surface area (Å²) in [5.41, 5.74) is 0.525. The summed E-state index contributed by atoms with van der Waals surface area (Å²) in [5.74, 6) is -0.202. The van der Waals surface area contributed by atoms with Gasteiger partial charge in [0.2, 0.25) is 5.91 Å². The largest absolute Gasteiger partial charge is 0.417 e. The Hall–Kier alpha value is -2.49. The van der Waals surface area contributed by atoms with Crippen molar-refractivity contribution in [3.8, 4) is 0 Å². The molecule has 0 saturated carbocycles. The van der Waals surface area contributed by atoms with Crippen LogP contribution in [0.5, 0.6) is 0 Å². The van der Waals surface area contributed by atoms with Crippen LogP contribution in [0.1, 0.15) is 51.3 Å². The van der Waals surface area contributed by atoms with Gasteiger partial charge in [0.15, 0.2) is 0 Å². The highest BCUT2D eigenvalue weighted by molar-refractivity contribution is 7.11. The number of hydrogen-bond acceptors (Lipinski definition) is 6. The SMILES string of the molecule is Cc1cc(C(F)(F)F)c2c(C3CCN(C(=O)Cc4sc(C)nc4C)CC3)noc2n1. The van der Waals surface area contributed by atoms with Gasteiger partial charge in [-0.05, 0) is 39.7 Å². The number of halogens is 3. The lowest BCUT2D eigenvalue weighted by molar-refractivity contribution is -0.136. The van der Waals surface area contributed by atoms with Gasteiger partial charge in [0.05, 0.1) is 33.8 Å². The second kappa shape index (κ2) is 7.64. The van der Waals surface area contributed by atoms with Crippen LogP contribution in [0.15, 0.2) is 10.6 Å². The van der Waals surface area contributed by atoms with E-state index in [1.807, 2.05) is 13.8 Å². The third-order valence-electron chi connectivity index (χ3n) is 5.45. The predicted molar refractivity (Wildman–Crippen MR) is 105 cm³/mol. The monoisotopic (exact) mass is 438 g/mol. The van der Waals surface area contributed by atoms with E-state index < -0.39 is 11.7 Å². The highest BCUT2D eigenvalue weighted by atomic mass is 32.1. The first-order valence-electron chi connectivity index (χ1n) is 9.68. The highest BCUT2D eigenvalue weighted by Gasteiger charge is 2.37. The van der Waals surface area contributed by atoms with E-state index in [1.165, 1.54) is 18.3 Å². The maximum absolute atomic E-state index is 13.6. The average molecular weight is 438 g/mol. The van der Waals surface area contributed by atoms with Crippen molar-refractivity contribution in [2.24, 2.45) is 0 Å². The van der Waals surface area contributed by atoms with E-state index in [2.05, 4.69) is 15.1 Å². The van der Waals surface area contributed by atoms with Gasteiger partial charge >= 0.3 is 6.18 Å². The van der Waals surface area contributed by atoms with Crippen LogP contribution in [-0.4, -0.2) is 39.0 Å². The van der Waals surface area contributed by atoms with Gasteiger partial charge < -0.3 is 9.42 Å². The summed E-state index contributed by atoms with van der Waals surface area (Å²) >= 11 is 1.52. The average Bonchev–Trinajstić information content (AvgIpc) is 3.22. The third-order valence-corrected chi connectivity index (χ3v) is 6.52. The topological polar surface area (TPSA) is 72.1 Å². The molecule has 0 N–H and O–H groups in total. The molecule has 30 heavy (non-hydrogen) atoms. The Bertz CT molecular complexity index is 1100. The van der Waals surface area contributed by atoms with E-state index >= 15 is 0 Å². The molecule has 0 radical (unpaired) electrons. The number of pyridine rings is 1. The molecule has 160 valence electrons. The first-order valence-corrected chi connectivity index (χ1v) is 10.5. The number of aryl methyl sites for hydroxylation is 3. The molecule has 1 amide bonds. The number of carbonyl (C=O) groups is 1. The van der Waals surface area contributed by atoms with Gasteiger partial charge in [-0.2, -0.15) is 13.2 Å². The van der Waals surface area contributed by atoms with Crippen LogP contribution >= 0.6 is 11.3 Å². The van der Waals surface area contributed by atoms with Crippen molar-refractivity contribution in [3.63, 3.8) is 0 Å². The molecule has 0 spiro atoms. The van der Waals surface area contributed by atoms with Gasteiger partial charge in [0.1, 0.15) is 0 Å². The Morgan fingerprint density at radius 2 is 1.93 bits per heavy atom. The quantitative estimate of drug-likeness (QED) is 0.599. The van der Waals surface area contributed by atoms with Gasteiger partial charge in [0.25, 0.3) is 5.71 Å². The third kappa shape index (κ3) is 3.92. The van der Waals surface area contributed by atoms with E-state index in [-0.39, 0.29) is 34.3 Å². The fraction of sp³-hybridized carbons (Fsp3) is 0.500. The lowest BCUT2D eigenvalue weighted by atomic mass is 9.90. The molecule has 1 fully saturated rings. The molecule has 10 heteroatoms. The first kappa shape index (κ1) is 20.8. The van der Waals surface area contributed by atoms with E-state index in [0.717, 1.165) is 21.6 Å². The standard InChI is InChI=1S/C20H21F3N4O2S/c1-10-8-14(20(21,22)23)17-18(26-29-19(17)24-10)13-4-6-27(7-5-13)16(28)9-15-11(2)25-12(3)30-15/h8,13H,4-7,9H2,1-3H3. The van der Waals surface area contributed by atoms with Crippen LogP contribution in [0.25, 0.3) is 11.1 Å². The van der Waals surface area contributed by atoms with E-state index in [4.69, 9.17) is 4.52 Å². The molecular weight excluding hydrogens is 417 g/mol. The van der Waals surface area contributed by atoms with E-state index in [9.17, 15) is 18.0 Å². The fourth-order valence-corrected chi connectivity index (χ4v) is 4.92. The van der Waals surface area contributed by atoms with Crippen molar-refractivity contribution in [3.05, 3.63) is 38.6 Å². The minimum atomic E-state index is -4.52. The zero-order valence-corrected chi connectivity index (χ0v) is 17.7. The fourth-order valence-electron chi connectivity index (χ4n) is 3.99.